The molecule has 1 aromatic carbocycles. The first-order valence-electron chi connectivity index (χ1n) is 7.42. The lowest BCUT2D eigenvalue weighted by Gasteiger charge is -2.22. The van der Waals surface area contributed by atoms with E-state index in [0.717, 1.165) is 17.1 Å². The molecule has 22 heavy (non-hydrogen) atoms. The number of benzene rings is 1. The number of nitrogens with one attached hydrogen (secondary N) is 2. The van der Waals surface area contributed by atoms with Crippen LogP contribution >= 0.6 is 0 Å². The fourth-order valence-electron chi connectivity index (χ4n) is 2.22. The van der Waals surface area contributed by atoms with Gasteiger partial charge in [-0.05, 0) is 33.4 Å². The zero-order valence-electron chi connectivity index (χ0n) is 13.7. The highest BCUT2D eigenvalue weighted by Crippen LogP contribution is 2.16. The van der Waals surface area contributed by atoms with Gasteiger partial charge in [-0.2, -0.15) is 0 Å². The van der Waals surface area contributed by atoms with Crippen molar-refractivity contribution in [2.24, 2.45) is 0 Å². The number of rotatable bonds is 5. The quantitative estimate of drug-likeness (QED) is 0.891. The molecular formula is C17H24N4O. The monoisotopic (exact) mass is 300 g/mol. The summed E-state index contributed by atoms with van der Waals surface area (Å²) in [5, 5.41) is 2.96. The Labute approximate surface area is 131 Å². The summed E-state index contributed by atoms with van der Waals surface area (Å²) in [5.41, 5.74) is 1.89. The first-order valence-corrected chi connectivity index (χ1v) is 7.42. The molecule has 0 radical (unpaired) electrons. The van der Waals surface area contributed by atoms with E-state index in [0.29, 0.717) is 13.1 Å². The van der Waals surface area contributed by atoms with Crippen molar-refractivity contribution in [1.29, 1.82) is 0 Å². The van der Waals surface area contributed by atoms with Crippen molar-refractivity contribution in [3.63, 3.8) is 0 Å². The molecule has 118 valence electrons. The molecule has 2 N–H and O–H groups in total. The van der Waals surface area contributed by atoms with Crippen LogP contribution in [0, 0.1) is 0 Å². The molecule has 1 amide bonds. The van der Waals surface area contributed by atoms with E-state index in [4.69, 9.17) is 0 Å². The van der Waals surface area contributed by atoms with Gasteiger partial charge in [0.1, 0.15) is 5.82 Å². The number of likely N-dealkylation sites (N-methyl/N-ethyl adjacent to an activating group) is 1. The molecule has 0 unspecified atom stereocenters. The third-order valence-corrected chi connectivity index (χ3v) is 3.06. The van der Waals surface area contributed by atoms with E-state index in [1.807, 2.05) is 69.2 Å². The molecule has 0 saturated carbocycles. The number of amides is 1. The van der Waals surface area contributed by atoms with Crippen LogP contribution in [0.25, 0.3) is 11.3 Å². The van der Waals surface area contributed by atoms with Crippen molar-refractivity contribution < 1.29 is 4.79 Å². The van der Waals surface area contributed by atoms with Gasteiger partial charge in [-0.25, -0.2) is 4.98 Å². The molecule has 0 aliphatic carbocycles. The van der Waals surface area contributed by atoms with Gasteiger partial charge in [-0.3, -0.25) is 9.69 Å². The molecule has 0 saturated heterocycles. The number of carbonyl (C=O) groups is 1. The van der Waals surface area contributed by atoms with E-state index >= 15 is 0 Å². The lowest BCUT2D eigenvalue weighted by atomic mass is 10.1. The van der Waals surface area contributed by atoms with Gasteiger partial charge in [0.15, 0.2) is 0 Å². The van der Waals surface area contributed by atoms with Gasteiger partial charge < -0.3 is 10.3 Å². The number of hydrogen-bond donors (Lipinski definition) is 2. The normalized spacial score (nSPS) is 11.7. The zero-order valence-corrected chi connectivity index (χ0v) is 13.7. The molecule has 2 rings (SSSR count). The highest BCUT2D eigenvalue weighted by molar-refractivity contribution is 5.78. The van der Waals surface area contributed by atoms with Crippen LogP contribution in [-0.2, 0) is 11.3 Å². The van der Waals surface area contributed by atoms with E-state index in [-0.39, 0.29) is 11.4 Å². The first-order chi connectivity index (χ1) is 10.3. The van der Waals surface area contributed by atoms with Crippen LogP contribution in [0.1, 0.15) is 26.6 Å². The molecule has 1 heterocycles. The summed E-state index contributed by atoms with van der Waals surface area (Å²) >= 11 is 0. The van der Waals surface area contributed by atoms with E-state index in [1.54, 1.807) is 0 Å². The van der Waals surface area contributed by atoms with Crippen LogP contribution in [-0.4, -0.2) is 39.9 Å². The largest absolute Gasteiger partial charge is 0.350 e. The van der Waals surface area contributed by atoms with Crippen LogP contribution in [0.15, 0.2) is 36.5 Å². The molecule has 2 aromatic rings. The number of imidazole rings is 1. The lowest BCUT2D eigenvalue weighted by molar-refractivity contribution is -0.123. The number of hydrogen-bond acceptors (Lipinski definition) is 3. The lowest BCUT2D eigenvalue weighted by Crippen LogP contribution is -2.45. The fraction of sp³-hybridized carbons (Fsp3) is 0.412. The van der Waals surface area contributed by atoms with Crippen LogP contribution < -0.4 is 5.32 Å². The highest BCUT2D eigenvalue weighted by atomic mass is 16.2. The Hall–Kier alpha value is -2.14. The van der Waals surface area contributed by atoms with Crippen molar-refractivity contribution in [3.05, 3.63) is 42.4 Å². The zero-order chi connectivity index (χ0) is 16.2. The van der Waals surface area contributed by atoms with Crippen molar-refractivity contribution in [3.8, 4) is 11.3 Å². The Kier molecular flexibility index (Phi) is 4.98. The van der Waals surface area contributed by atoms with E-state index in [9.17, 15) is 4.79 Å². The van der Waals surface area contributed by atoms with Crippen molar-refractivity contribution in [2.75, 3.05) is 13.6 Å². The summed E-state index contributed by atoms with van der Waals surface area (Å²) in [5.74, 6) is 0.870. The average molecular weight is 300 g/mol. The number of aromatic amines is 1. The average Bonchev–Trinajstić information content (AvgIpc) is 2.85. The van der Waals surface area contributed by atoms with Crippen molar-refractivity contribution in [2.45, 2.75) is 32.9 Å². The predicted octanol–water partition coefficient (Wildman–Crippen LogP) is 2.42. The topological polar surface area (TPSA) is 61.0 Å². The van der Waals surface area contributed by atoms with Crippen molar-refractivity contribution >= 4 is 5.91 Å². The maximum absolute atomic E-state index is 11.9. The molecule has 0 aliphatic rings. The second kappa shape index (κ2) is 6.75. The molecule has 1 aromatic heterocycles. The van der Waals surface area contributed by atoms with Gasteiger partial charge in [0.05, 0.1) is 25.0 Å². The molecule has 0 atom stereocenters. The van der Waals surface area contributed by atoms with Gasteiger partial charge in [-0.1, -0.05) is 30.3 Å². The second-order valence-corrected chi connectivity index (χ2v) is 6.58. The second-order valence-electron chi connectivity index (χ2n) is 6.58. The minimum absolute atomic E-state index is 0.0184. The number of H-pyrrole nitrogens is 1. The van der Waals surface area contributed by atoms with Crippen LogP contribution in [0.5, 0.6) is 0 Å². The summed E-state index contributed by atoms with van der Waals surface area (Å²) in [6, 6.07) is 10.1. The van der Waals surface area contributed by atoms with Gasteiger partial charge in [0.25, 0.3) is 0 Å². The Bertz CT molecular complexity index is 613. The van der Waals surface area contributed by atoms with Gasteiger partial charge >= 0.3 is 0 Å². The van der Waals surface area contributed by atoms with E-state index < -0.39 is 0 Å². The summed E-state index contributed by atoms with van der Waals surface area (Å²) in [4.78, 5) is 21.5. The third kappa shape index (κ3) is 5.00. The van der Waals surface area contributed by atoms with Gasteiger partial charge in [0, 0.05) is 5.54 Å². The molecule has 0 bridgehead atoms. The maximum Gasteiger partial charge on any atom is 0.234 e. The van der Waals surface area contributed by atoms with Crippen LogP contribution in [0.3, 0.4) is 0 Å². The Morgan fingerprint density at radius 1 is 1.27 bits per heavy atom. The summed E-state index contributed by atoms with van der Waals surface area (Å²) < 4.78 is 0. The smallest absolute Gasteiger partial charge is 0.234 e. The molecule has 0 aliphatic heterocycles. The van der Waals surface area contributed by atoms with E-state index in [2.05, 4.69) is 15.3 Å². The van der Waals surface area contributed by atoms with Crippen molar-refractivity contribution in [1.82, 2.24) is 20.2 Å². The highest BCUT2D eigenvalue weighted by Gasteiger charge is 2.15. The predicted molar refractivity (Wildman–Crippen MR) is 88.3 cm³/mol. The molecule has 5 nitrogen and oxygen atoms in total. The third-order valence-electron chi connectivity index (χ3n) is 3.06. The maximum atomic E-state index is 11.9. The number of carbonyl (C=O) groups excluding carboxylic acids is 1. The van der Waals surface area contributed by atoms with Gasteiger partial charge in [0.2, 0.25) is 5.91 Å². The standard InChI is InChI=1S/C17H24N4O/c1-17(2,3)20-16(22)12-21(4)11-15-18-10-14(19-15)13-8-6-5-7-9-13/h5-10H,11-12H2,1-4H3,(H,18,19)(H,20,22). The van der Waals surface area contributed by atoms with Crippen LogP contribution in [0.2, 0.25) is 0 Å². The Morgan fingerprint density at radius 2 is 1.95 bits per heavy atom. The van der Waals surface area contributed by atoms with Crippen LogP contribution in [0.4, 0.5) is 0 Å². The molecular weight excluding hydrogens is 276 g/mol. The first kappa shape index (κ1) is 16.2. The molecule has 0 fully saturated rings. The minimum atomic E-state index is -0.205. The molecule has 0 spiro atoms. The number of aromatic nitrogens is 2. The SMILES string of the molecule is CN(CC(=O)NC(C)(C)C)Cc1ncc(-c2ccccc2)[nH]1. The number of nitrogens with zero attached hydrogens (tertiary/aromatic N) is 2. The summed E-state index contributed by atoms with van der Waals surface area (Å²) in [6.07, 6.45) is 1.83. The van der Waals surface area contributed by atoms with Gasteiger partial charge in [-0.15, -0.1) is 0 Å². The Morgan fingerprint density at radius 3 is 2.59 bits per heavy atom. The summed E-state index contributed by atoms with van der Waals surface area (Å²) in [7, 11) is 1.91. The molecule has 5 heteroatoms. The minimum Gasteiger partial charge on any atom is -0.350 e. The summed E-state index contributed by atoms with van der Waals surface area (Å²) in [6.45, 7) is 6.87. The van der Waals surface area contributed by atoms with E-state index in [1.165, 1.54) is 0 Å². The fourth-order valence-corrected chi connectivity index (χ4v) is 2.22. The Balaban J connectivity index is 1.91.